The van der Waals surface area contributed by atoms with E-state index in [4.69, 9.17) is 0 Å². The minimum atomic E-state index is -0.996. The number of halogens is 3. The first-order valence-corrected chi connectivity index (χ1v) is 14.7. The SMILES string of the molecule is Cc1cc(CN(C)CCC(C)C)cc(C(=O)N[C@@H](Cc2cc(F)cc(F)c2)[C@@H](O)CNCc2cccc(I)c2)c1. The summed E-state index contributed by atoms with van der Waals surface area (Å²) in [5, 5.41) is 17.3. The Hall–Kier alpha value is -2.40. The molecule has 0 aliphatic rings. The van der Waals surface area contributed by atoms with Gasteiger partial charge < -0.3 is 20.6 Å². The number of hydrogen-bond acceptors (Lipinski definition) is 4. The van der Waals surface area contributed by atoms with Gasteiger partial charge in [0.25, 0.3) is 5.91 Å². The molecule has 0 aliphatic heterocycles. The Kier molecular flexibility index (Phi) is 12.5. The fraction of sp³-hybridized carbons (Fsp3) is 0.406. The van der Waals surface area contributed by atoms with Crippen LogP contribution in [0.25, 0.3) is 0 Å². The predicted molar refractivity (Wildman–Crippen MR) is 165 cm³/mol. The van der Waals surface area contributed by atoms with E-state index in [1.807, 2.05) is 43.3 Å². The number of carbonyl (C=O) groups is 1. The largest absolute Gasteiger partial charge is 0.390 e. The van der Waals surface area contributed by atoms with Crippen LogP contribution in [0.3, 0.4) is 0 Å². The van der Waals surface area contributed by atoms with Gasteiger partial charge in [-0.05, 0) is 115 Å². The Morgan fingerprint density at radius 2 is 1.73 bits per heavy atom. The lowest BCUT2D eigenvalue weighted by atomic mass is 9.99. The van der Waals surface area contributed by atoms with E-state index in [0.29, 0.717) is 30.1 Å². The normalized spacial score (nSPS) is 13.1. The second-order valence-electron chi connectivity index (χ2n) is 11.0. The molecular weight excluding hydrogens is 623 g/mol. The van der Waals surface area contributed by atoms with Crippen molar-refractivity contribution in [2.75, 3.05) is 20.1 Å². The standard InChI is InChI=1S/C32H40F2IN3O2/c1-21(2)8-9-38(4)20-25-10-22(3)11-26(12-25)32(40)37-30(16-24-13-27(33)17-28(34)14-24)31(39)19-36-18-23-6-5-7-29(35)15-23/h5-7,10-15,17,21,30-31,36,39H,8-9,16,18-20H2,1-4H3,(H,37,40)/t30-,31-/m0/s1. The molecule has 0 spiro atoms. The number of benzene rings is 3. The fourth-order valence-electron chi connectivity index (χ4n) is 4.63. The Balaban J connectivity index is 1.74. The number of rotatable bonds is 14. The van der Waals surface area contributed by atoms with Gasteiger partial charge in [-0.2, -0.15) is 0 Å². The molecule has 0 saturated carbocycles. The van der Waals surface area contributed by atoms with Crippen LogP contribution >= 0.6 is 22.6 Å². The maximum atomic E-state index is 13.9. The van der Waals surface area contributed by atoms with E-state index >= 15 is 0 Å². The van der Waals surface area contributed by atoms with Gasteiger partial charge in [0.2, 0.25) is 0 Å². The second-order valence-corrected chi connectivity index (χ2v) is 12.3. The van der Waals surface area contributed by atoms with Gasteiger partial charge in [-0.3, -0.25) is 4.79 Å². The maximum Gasteiger partial charge on any atom is 0.251 e. The Bertz CT molecular complexity index is 1250. The van der Waals surface area contributed by atoms with Crippen LogP contribution in [-0.2, 0) is 19.5 Å². The van der Waals surface area contributed by atoms with Crippen molar-refractivity contribution in [3.8, 4) is 0 Å². The number of aliphatic hydroxyl groups is 1. The molecule has 1 amide bonds. The van der Waals surface area contributed by atoms with Crippen LogP contribution in [0.5, 0.6) is 0 Å². The molecule has 3 rings (SSSR count). The lowest BCUT2D eigenvalue weighted by Gasteiger charge is -2.25. The molecule has 3 N–H and O–H groups in total. The number of nitrogens with one attached hydrogen (secondary N) is 2. The fourth-order valence-corrected chi connectivity index (χ4v) is 5.23. The smallest absolute Gasteiger partial charge is 0.251 e. The minimum Gasteiger partial charge on any atom is -0.390 e. The average Bonchev–Trinajstić information content (AvgIpc) is 2.86. The average molecular weight is 664 g/mol. The van der Waals surface area contributed by atoms with E-state index in [1.165, 1.54) is 12.1 Å². The van der Waals surface area contributed by atoms with Gasteiger partial charge >= 0.3 is 0 Å². The predicted octanol–water partition coefficient (Wildman–Crippen LogP) is 5.85. The van der Waals surface area contributed by atoms with Crippen molar-refractivity contribution in [2.24, 2.45) is 5.92 Å². The van der Waals surface area contributed by atoms with E-state index < -0.39 is 23.8 Å². The summed E-state index contributed by atoms with van der Waals surface area (Å²) in [4.78, 5) is 15.7. The molecule has 5 nitrogen and oxygen atoms in total. The molecule has 0 aliphatic carbocycles. The summed E-state index contributed by atoms with van der Waals surface area (Å²) in [5.74, 6) is -1.12. The zero-order valence-corrected chi connectivity index (χ0v) is 25.8. The van der Waals surface area contributed by atoms with Crippen LogP contribution in [0.1, 0.15) is 52.9 Å². The Labute approximate surface area is 250 Å². The summed E-state index contributed by atoms with van der Waals surface area (Å²) in [6.45, 7) is 8.74. The van der Waals surface area contributed by atoms with Crippen molar-refractivity contribution in [1.82, 2.24) is 15.5 Å². The van der Waals surface area contributed by atoms with Gasteiger partial charge in [0.15, 0.2) is 0 Å². The summed E-state index contributed by atoms with van der Waals surface area (Å²) >= 11 is 2.25. The van der Waals surface area contributed by atoms with Crippen LogP contribution in [0.4, 0.5) is 8.78 Å². The Morgan fingerprint density at radius 1 is 1.00 bits per heavy atom. The van der Waals surface area contributed by atoms with Crippen LogP contribution < -0.4 is 10.6 Å². The van der Waals surface area contributed by atoms with E-state index in [-0.39, 0.29) is 18.9 Å². The van der Waals surface area contributed by atoms with Crippen molar-refractivity contribution < 1.29 is 18.7 Å². The number of nitrogens with zero attached hydrogens (tertiary/aromatic N) is 1. The molecule has 0 saturated heterocycles. The molecule has 8 heteroatoms. The van der Waals surface area contributed by atoms with E-state index in [1.54, 1.807) is 0 Å². The van der Waals surface area contributed by atoms with Gasteiger partial charge in [-0.25, -0.2) is 8.78 Å². The summed E-state index contributed by atoms with van der Waals surface area (Å²) in [5.41, 5.74) is 3.90. The van der Waals surface area contributed by atoms with E-state index in [2.05, 4.69) is 65.1 Å². The van der Waals surface area contributed by atoms with Gasteiger partial charge in [0.1, 0.15) is 11.6 Å². The molecule has 2 atom stereocenters. The molecule has 0 unspecified atom stereocenters. The molecule has 216 valence electrons. The van der Waals surface area contributed by atoms with E-state index in [0.717, 1.165) is 39.3 Å². The molecular formula is C32H40F2IN3O2. The summed E-state index contributed by atoms with van der Waals surface area (Å²) in [6, 6.07) is 16.3. The molecule has 3 aromatic rings. The molecule has 0 heterocycles. The van der Waals surface area contributed by atoms with Gasteiger partial charge in [0, 0.05) is 34.8 Å². The highest BCUT2D eigenvalue weighted by molar-refractivity contribution is 14.1. The van der Waals surface area contributed by atoms with Crippen molar-refractivity contribution in [3.05, 3.63) is 104 Å². The number of amides is 1. The number of aryl methyl sites for hydroxylation is 1. The third-order valence-electron chi connectivity index (χ3n) is 6.67. The lowest BCUT2D eigenvalue weighted by Crippen LogP contribution is -2.48. The summed E-state index contributed by atoms with van der Waals surface area (Å²) in [6.07, 6.45) is 0.167. The first-order chi connectivity index (χ1) is 19.0. The summed E-state index contributed by atoms with van der Waals surface area (Å²) in [7, 11) is 2.07. The maximum absolute atomic E-state index is 13.9. The molecule has 40 heavy (non-hydrogen) atoms. The van der Waals surface area contributed by atoms with Crippen LogP contribution in [0, 0.1) is 28.0 Å². The van der Waals surface area contributed by atoms with Crippen LogP contribution in [0.2, 0.25) is 0 Å². The number of hydrogen-bond donors (Lipinski definition) is 3. The topological polar surface area (TPSA) is 64.6 Å². The van der Waals surface area contributed by atoms with Crippen molar-refractivity contribution in [2.45, 2.75) is 58.8 Å². The van der Waals surface area contributed by atoms with Gasteiger partial charge in [0.05, 0.1) is 12.1 Å². The minimum absolute atomic E-state index is 0.0725. The third-order valence-corrected chi connectivity index (χ3v) is 7.34. The second kappa shape index (κ2) is 15.6. The highest BCUT2D eigenvalue weighted by Crippen LogP contribution is 2.16. The Morgan fingerprint density at radius 3 is 2.40 bits per heavy atom. The van der Waals surface area contributed by atoms with Crippen molar-refractivity contribution >= 4 is 28.5 Å². The number of aliphatic hydroxyl groups excluding tert-OH is 1. The molecule has 0 bridgehead atoms. The van der Waals surface area contributed by atoms with Gasteiger partial charge in [-0.1, -0.05) is 37.6 Å². The van der Waals surface area contributed by atoms with Crippen molar-refractivity contribution in [3.63, 3.8) is 0 Å². The molecule has 3 aromatic carbocycles. The van der Waals surface area contributed by atoms with Gasteiger partial charge in [-0.15, -0.1) is 0 Å². The summed E-state index contributed by atoms with van der Waals surface area (Å²) < 4.78 is 28.9. The molecule has 0 aromatic heterocycles. The zero-order chi connectivity index (χ0) is 29.2. The first-order valence-electron chi connectivity index (χ1n) is 13.7. The van der Waals surface area contributed by atoms with E-state index in [9.17, 15) is 18.7 Å². The molecule has 0 radical (unpaired) electrons. The quantitative estimate of drug-likeness (QED) is 0.190. The first kappa shape index (κ1) is 32.1. The highest BCUT2D eigenvalue weighted by Gasteiger charge is 2.23. The van der Waals surface area contributed by atoms with Crippen LogP contribution in [-0.4, -0.2) is 48.2 Å². The van der Waals surface area contributed by atoms with Crippen molar-refractivity contribution in [1.29, 1.82) is 0 Å². The zero-order valence-electron chi connectivity index (χ0n) is 23.7. The monoisotopic (exact) mass is 663 g/mol. The third kappa shape index (κ3) is 10.9. The highest BCUT2D eigenvalue weighted by atomic mass is 127. The van der Waals surface area contributed by atoms with Crippen LogP contribution in [0.15, 0.2) is 60.7 Å². The number of carbonyl (C=O) groups excluding carboxylic acids is 1. The lowest BCUT2D eigenvalue weighted by molar-refractivity contribution is 0.0829. The molecule has 0 fully saturated rings.